The van der Waals surface area contributed by atoms with Crippen LogP contribution in [0.25, 0.3) is 6.08 Å². The summed E-state index contributed by atoms with van der Waals surface area (Å²) >= 11 is 0. The zero-order valence-electron chi connectivity index (χ0n) is 19.5. The Morgan fingerprint density at radius 1 is 0.971 bits per heavy atom. The summed E-state index contributed by atoms with van der Waals surface area (Å²) in [6.07, 6.45) is 6.55. The predicted molar refractivity (Wildman–Crippen MR) is 131 cm³/mol. The first-order chi connectivity index (χ1) is 16.5. The highest BCUT2D eigenvalue weighted by molar-refractivity contribution is 5.95. The van der Waals surface area contributed by atoms with Crippen LogP contribution in [0.2, 0.25) is 0 Å². The molecule has 0 aliphatic carbocycles. The van der Waals surface area contributed by atoms with Gasteiger partial charge in [-0.2, -0.15) is 0 Å². The quantitative estimate of drug-likeness (QED) is 0.446. The standard InChI is InChI=1S/C27H29N3O4/c1-19(30-27(32)20(2)29-26(31)12-9-21-7-5-4-6-8-21)23-10-11-24(25(17-23)33-3)34-18-22-13-15-28-16-14-22/h4-17,19-20H,18H2,1-3H3,(H,29,31)(H,30,32). The van der Waals surface area contributed by atoms with Gasteiger partial charge in [-0.25, -0.2) is 0 Å². The van der Waals surface area contributed by atoms with Crippen LogP contribution in [0.1, 0.15) is 36.6 Å². The van der Waals surface area contributed by atoms with Gasteiger partial charge in [0.15, 0.2) is 11.5 Å². The molecule has 2 unspecified atom stereocenters. The molecule has 2 N–H and O–H groups in total. The lowest BCUT2D eigenvalue weighted by atomic mass is 10.1. The summed E-state index contributed by atoms with van der Waals surface area (Å²) in [7, 11) is 1.57. The van der Waals surface area contributed by atoms with Gasteiger partial charge in [-0.3, -0.25) is 14.6 Å². The van der Waals surface area contributed by atoms with Crippen molar-refractivity contribution in [2.45, 2.75) is 32.5 Å². The largest absolute Gasteiger partial charge is 0.493 e. The first-order valence-corrected chi connectivity index (χ1v) is 11.0. The van der Waals surface area contributed by atoms with Crippen molar-refractivity contribution in [2.24, 2.45) is 0 Å². The lowest BCUT2D eigenvalue weighted by molar-refractivity contribution is -0.127. The molecule has 0 aliphatic heterocycles. The van der Waals surface area contributed by atoms with Crippen LogP contribution < -0.4 is 20.1 Å². The summed E-state index contributed by atoms with van der Waals surface area (Å²) in [4.78, 5) is 28.8. The van der Waals surface area contributed by atoms with Crippen molar-refractivity contribution in [2.75, 3.05) is 7.11 Å². The van der Waals surface area contributed by atoms with Crippen LogP contribution >= 0.6 is 0 Å². The molecule has 2 aromatic carbocycles. The molecule has 176 valence electrons. The Labute approximate surface area is 199 Å². The Morgan fingerprint density at radius 3 is 2.41 bits per heavy atom. The lowest BCUT2D eigenvalue weighted by Crippen LogP contribution is -2.45. The second kappa shape index (κ2) is 12.2. The maximum atomic E-state index is 12.6. The number of benzene rings is 2. The highest BCUT2D eigenvalue weighted by atomic mass is 16.5. The molecule has 0 spiro atoms. The van der Waals surface area contributed by atoms with E-state index >= 15 is 0 Å². The Kier molecular flexibility index (Phi) is 8.80. The van der Waals surface area contributed by atoms with E-state index in [1.54, 1.807) is 32.5 Å². The van der Waals surface area contributed by atoms with Crippen molar-refractivity contribution < 1.29 is 19.1 Å². The van der Waals surface area contributed by atoms with Gasteiger partial charge in [0.2, 0.25) is 11.8 Å². The number of ether oxygens (including phenoxy) is 2. The number of hydrogen-bond acceptors (Lipinski definition) is 5. The van der Waals surface area contributed by atoms with E-state index in [0.717, 1.165) is 16.7 Å². The first kappa shape index (κ1) is 24.5. The SMILES string of the molecule is COc1cc(C(C)NC(=O)C(C)NC(=O)C=Cc2ccccc2)ccc1OCc1ccncc1. The van der Waals surface area contributed by atoms with Crippen LogP contribution in [-0.4, -0.2) is 29.9 Å². The molecule has 3 aromatic rings. The van der Waals surface area contributed by atoms with E-state index in [1.165, 1.54) is 6.08 Å². The van der Waals surface area contributed by atoms with E-state index in [-0.39, 0.29) is 17.9 Å². The third kappa shape index (κ3) is 7.20. The molecular weight excluding hydrogens is 430 g/mol. The summed E-state index contributed by atoms with van der Waals surface area (Å²) in [5, 5.41) is 5.61. The Bertz CT molecular complexity index is 1120. The highest BCUT2D eigenvalue weighted by Crippen LogP contribution is 2.31. The molecule has 7 heteroatoms. The van der Waals surface area contributed by atoms with Gasteiger partial charge in [0.1, 0.15) is 12.6 Å². The first-order valence-electron chi connectivity index (χ1n) is 11.0. The molecule has 0 radical (unpaired) electrons. The number of nitrogens with one attached hydrogen (secondary N) is 2. The fourth-order valence-corrected chi connectivity index (χ4v) is 3.20. The normalized spacial score (nSPS) is 12.6. The minimum absolute atomic E-state index is 0.286. The molecule has 7 nitrogen and oxygen atoms in total. The average molecular weight is 460 g/mol. The van der Waals surface area contributed by atoms with Gasteiger partial charge in [-0.1, -0.05) is 36.4 Å². The predicted octanol–water partition coefficient (Wildman–Crippen LogP) is 4.06. The third-order valence-corrected chi connectivity index (χ3v) is 5.17. The van der Waals surface area contributed by atoms with Gasteiger partial charge in [-0.15, -0.1) is 0 Å². The van der Waals surface area contributed by atoms with E-state index in [2.05, 4.69) is 15.6 Å². The summed E-state index contributed by atoms with van der Waals surface area (Å²) < 4.78 is 11.4. The number of carbonyl (C=O) groups excluding carboxylic acids is 2. The fraction of sp³-hybridized carbons (Fsp3) is 0.222. The maximum Gasteiger partial charge on any atom is 0.244 e. The number of aromatic nitrogens is 1. The van der Waals surface area contributed by atoms with Crippen molar-refractivity contribution in [3.63, 3.8) is 0 Å². The van der Waals surface area contributed by atoms with Crippen LogP contribution in [0.15, 0.2) is 79.1 Å². The molecule has 0 bridgehead atoms. The molecule has 1 aromatic heterocycles. The second-order valence-corrected chi connectivity index (χ2v) is 7.76. The molecule has 3 rings (SSSR count). The van der Waals surface area contributed by atoms with Crippen molar-refractivity contribution in [3.8, 4) is 11.5 Å². The second-order valence-electron chi connectivity index (χ2n) is 7.76. The van der Waals surface area contributed by atoms with Gasteiger partial charge in [-0.05, 0) is 60.9 Å². The summed E-state index contributed by atoms with van der Waals surface area (Å²) in [5.41, 5.74) is 2.76. The fourth-order valence-electron chi connectivity index (χ4n) is 3.20. The average Bonchev–Trinajstić information content (AvgIpc) is 2.87. The van der Waals surface area contributed by atoms with E-state index in [1.807, 2.05) is 67.6 Å². The van der Waals surface area contributed by atoms with Crippen LogP contribution in [0.4, 0.5) is 0 Å². The minimum Gasteiger partial charge on any atom is -0.493 e. The molecule has 0 aliphatic rings. The number of methoxy groups -OCH3 is 1. The van der Waals surface area contributed by atoms with E-state index in [0.29, 0.717) is 18.1 Å². The number of carbonyl (C=O) groups is 2. The zero-order valence-corrected chi connectivity index (χ0v) is 19.5. The number of hydrogen-bond donors (Lipinski definition) is 2. The van der Waals surface area contributed by atoms with Crippen molar-refractivity contribution >= 4 is 17.9 Å². The smallest absolute Gasteiger partial charge is 0.244 e. The number of amides is 2. The van der Waals surface area contributed by atoms with Gasteiger partial charge >= 0.3 is 0 Å². The minimum atomic E-state index is -0.694. The Hall–Kier alpha value is -4.13. The number of rotatable bonds is 10. The molecule has 0 saturated heterocycles. The van der Waals surface area contributed by atoms with Crippen molar-refractivity contribution in [1.29, 1.82) is 0 Å². The summed E-state index contributed by atoms with van der Waals surface area (Å²) in [6.45, 7) is 3.90. The third-order valence-electron chi connectivity index (χ3n) is 5.17. The highest BCUT2D eigenvalue weighted by Gasteiger charge is 2.18. The molecule has 2 amide bonds. The number of pyridine rings is 1. The van der Waals surface area contributed by atoms with E-state index < -0.39 is 6.04 Å². The molecule has 0 fully saturated rings. The van der Waals surface area contributed by atoms with Crippen LogP contribution in [-0.2, 0) is 16.2 Å². The molecule has 0 saturated carbocycles. The van der Waals surface area contributed by atoms with Crippen LogP contribution in [0.3, 0.4) is 0 Å². The van der Waals surface area contributed by atoms with Crippen molar-refractivity contribution in [1.82, 2.24) is 15.6 Å². The summed E-state index contributed by atoms with van der Waals surface area (Å²) in [6, 6.07) is 17.8. The van der Waals surface area contributed by atoms with Crippen molar-refractivity contribution in [3.05, 3.63) is 95.8 Å². The van der Waals surface area contributed by atoms with Crippen LogP contribution in [0.5, 0.6) is 11.5 Å². The molecule has 1 heterocycles. The van der Waals surface area contributed by atoms with E-state index in [9.17, 15) is 9.59 Å². The molecular formula is C27H29N3O4. The van der Waals surface area contributed by atoms with E-state index in [4.69, 9.17) is 9.47 Å². The van der Waals surface area contributed by atoms with Gasteiger partial charge in [0, 0.05) is 18.5 Å². The number of nitrogens with zero attached hydrogens (tertiary/aromatic N) is 1. The Morgan fingerprint density at radius 2 is 1.71 bits per heavy atom. The van der Waals surface area contributed by atoms with Gasteiger partial charge in [0.25, 0.3) is 0 Å². The monoisotopic (exact) mass is 459 g/mol. The van der Waals surface area contributed by atoms with Gasteiger partial charge < -0.3 is 20.1 Å². The lowest BCUT2D eigenvalue weighted by Gasteiger charge is -2.20. The van der Waals surface area contributed by atoms with Gasteiger partial charge in [0.05, 0.1) is 13.2 Å². The summed E-state index contributed by atoms with van der Waals surface area (Å²) in [5.74, 6) is 0.551. The zero-order chi connectivity index (χ0) is 24.3. The molecule has 34 heavy (non-hydrogen) atoms. The molecule has 2 atom stereocenters. The topological polar surface area (TPSA) is 89.6 Å². The van der Waals surface area contributed by atoms with Crippen LogP contribution in [0, 0.1) is 0 Å². The Balaban J connectivity index is 1.55. The maximum absolute atomic E-state index is 12.6.